The van der Waals surface area contributed by atoms with Crippen LogP contribution in [0, 0.1) is 12.7 Å². The molecule has 34 heavy (non-hydrogen) atoms. The number of aryl methyl sites for hydroxylation is 1. The number of halogens is 1. The van der Waals surface area contributed by atoms with Gasteiger partial charge in [-0.05, 0) is 56.2 Å². The van der Waals surface area contributed by atoms with Crippen molar-refractivity contribution >= 4 is 17.4 Å². The summed E-state index contributed by atoms with van der Waals surface area (Å²) in [6, 6.07) is 19.3. The molecule has 0 aliphatic carbocycles. The monoisotopic (exact) mass is 459 g/mol. The first-order chi connectivity index (χ1) is 16.2. The summed E-state index contributed by atoms with van der Waals surface area (Å²) >= 11 is 0. The summed E-state index contributed by atoms with van der Waals surface area (Å²) in [6.45, 7) is 5.80. The number of ketones is 1. The highest BCUT2D eigenvalue weighted by Crippen LogP contribution is 2.40. The molecule has 3 aromatic rings. The van der Waals surface area contributed by atoms with Crippen molar-refractivity contribution in [1.82, 2.24) is 4.90 Å². The van der Waals surface area contributed by atoms with Gasteiger partial charge in [-0.25, -0.2) is 4.39 Å². The van der Waals surface area contributed by atoms with Crippen molar-refractivity contribution in [3.63, 3.8) is 0 Å². The van der Waals surface area contributed by atoms with E-state index in [1.54, 1.807) is 36.4 Å². The molecular formula is C28H26FNO4. The zero-order valence-corrected chi connectivity index (χ0v) is 19.3. The van der Waals surface area contributed by atoms with Crippen molar-refractivity contribution in [2.45, 2.75) is 39.5 Å². The molecule has 1 N–H and O–H groups in total. The molecule has 5 nitrogen and oxygen atoms in total. The highest BCUT2D eigenvalue weighted by atomic mass is 19.1. The normalized spacial score (nSPS) is 17.4. The standard InChI is InChI=1S/C28H26FNO4/c1-17(2)34-23-9-5-8-21(15-23)26(31)24-25(20-7-4-6-18(3)14-20)30(28(33)27(24)32)16-19-10-12-22(29)13-11-19/h4-15,17,25,31H,16H2,1-3H3/b26-24-. The number of hydrogen-bond donors (Lipinski definition) is 1. The van der Waals surface area contributed by atoms with Crippen LogP contribution in [-0.4, -0.2) is 27.8 Å². The molecule has 3 aromatic carbocycles. The minimum Gasteiger partial charge on any atom is -0.507 e. The maximum Gasteiger partial charge on any atom is 0.295 e. The Kier molecular flexibility index (Phi) is 6.50. The van der Waals surface area contributed by atoms with Gasteiger partial charge in [0.15, 0.2) is 0 Å². The van der Waals surface area contributed by atoms with E-state index in [9.17, 15) is 19.1 Å². The molecule has 0 aromatic heterocycles. The number of rotatable bonds is 6. The third kappa shape index (κ3) is 4.71. The summed E-state index contributed by atoms with van der Waals surface area (Å²) < 4.78 is 19.1. The lowest BCUT2D eigenvalue weighted by Gasteiger charge is -2.26. The number of hydrogen-bond acceptors (Lipinski definition) is 4. The molecule has 0 saturated carbocycles. The van der Waals surface area contributed by atoms with Crippen molar-refractivity contribution in [3.8, 4) is 5.75 Å². The maximum absolute atomic E-state index is 13.4. The average molecular weight is 460 g/mol. The fourth-order valence-corrected chi connectivity index (χ4v) is 4.16. The van der Waals surface area contributed by atoms with Gasteiger partial charge >= 0.3 is 0 Å². The molecule has 1 aliphatic rings. The van der Waals surface area contributed by atoms with E-state index < -0.39 is 17.7 Å². The number of carbonyl (C=O) groups is 2. The molecular weight excluding hydrogens is 433 g/mol. The predicted molar refractivity (Wildman–Crippen MR) is 128 cm³/mol. The van der Waals surface area contributed by atoms with Gasteiger partial charge in [-0.2, -0.15) is 0 Å². The highest BCUT2D eigenvalue weighted by molar-refractivity contribution is 6.46. The fraction of sp³-hybridized carbons (Fsp3) is 0.214. The molecule has 174 valence electrons. The smallest absolute Gasteiger partial charge is 0.295 e. The Labute approximate surface area is 198 Å². The van der Waals surface area contributed by atoms with E-state index in [0.29, 0.717) is 22.4 Å². The van der Waals surface area contributed by atoms with Gasteiger partial charge in [0, 0.05) is 12.1 Å². The molecule has 1 aliphatic heterocycles. The molecule has 0 spiro atoms. The Bertz CT molecular complexity index is 1260. The molecule has 1 unspecified atom stereocenters. The third-order valence-electron chi connectivity index (χ3n) is 5.64. The molecule has 1 saturated heterocycles. The van der Waals surface area contributed by atoms with Crippen LogP contribution < -0.4 is 4.74 Å². The molecule has 4 rings (SSSR count). The second-order valence-electron chi connectivity index (χ2n) is 8.66. The van der Waals surface area contributed by atoms with E-state index >= 15 is 0 Å². The topological polar surface area (TPSA) is 66.8 Å². The number of likely N-dealkylation sites (tertiary alicyclic amines) is 1. The van der Waals surface area contributed by atoms with Gasteiger partial charge in [0.2, 0.25) is 0 Å². The Balaban J connectivity index is 1.83. The van der Waals surface area contributed by atoms with Crippen molar-refractivity contribution in [2.75, 3.05) is 0 Å². The van der Waals surface area contributed by atoms with Crippen LogP contribution in [0.5, 0.6) is 5.75 Å². The largest absolute Gasteiger partial charge is 0.507 e. The summed E-state index contributed by atoms with van der Waals surface area (Å²) in [4.78, 5) is 27.8. The number of aliphatic hydroxyl groups is 1. The van der Waals surface area contributed by atoms with E-state index in [-0.39, 0.29) is 29.8 Å². The molecule has 0 radical (unpaired) electrons. The van der Waals surface area contributed by atoms with Crippen molar-refractivity contribution in [2.24, 2.45) is 0 Å². The van der Waals surface area contributed by atoms with Crippen LogP contribution >= 0.6 is 0 Å². The van der Waals surface area contributed by atoms with Crippen molar-refractivity contribution in [1.29, 1.82) is 0 Å². The summed E-state index contributed by atoms with van der Waals surface area (Å²) in [5, 5.41) is 11.3. The van der Waals surface area contributed by atoms with Gasteiger partial charge in [0.25, 0.3) is 11.7 Å². The first-order valence-electron chi connectivity index (χ1n) is 11.1. The third-order valence-corrected chi connectivity index (χ3v) is 5.64. The number of Topliss-reactive ketones (excluding diaryl/α,β-unsaturated/α-hetero) is 1. The summed E-state index contributed by atoms with van der Waals surface area (Å²) in [7, 11) is 0. The van der Waals surface area contributed by atoms with Gasteiger partial charge in [-0.1, -0.05) is 54.1 Å². The molecule has 0 bridgehead atoms. The minimum absolute atomic E-state index is 0.0133. The lowest BCUT2D eigenvalue weighted by molar-refractivity contribution is -0.140. The van der Waals surface area contributed by atoms with E-state index in [0.717, 1.165) is 5.56 Å². The van der Waals surface area contributed by atoms with Crippen LogP contribution in [0.4, 0.5) is 4.39 Å². The molecule has 1 amide bonds. The molecule has 1 atom stereocenters. The van der Waals surface area contributed by atoms with Gasteiger partial charge < -0.3 is 14.7 Å². The quantitative estimate of drug-likeness (QED) is 0.298. The first-order valence-corrected chi connectivity index (χ1v) is 11.1. The SMILES string of the molecule is Cc1cccc(C2/C(=C(/O)c3cccc(OC(C)C)c3)C(=O)C(=O)N2Cc2ccc(F)cc2)c1. The summed E-state index contributed by atoms with van der Waals surface area (Å²) in [5.74, 6) is -1.58. The van der Waals surface area contributed by atoms with Crippen LogP contribution in [-0.2, 0) is 16.1 Å². The maximum atomic E-state index is 13.4. The number of nitrogens with zero attached hydrogens (tertiary/aromatic N) is 1. The lowest BCUT2D eigenvalue weighted by Crippen LogP contribution is -2.29. The molecule has 6 heteroatoms. The first kappa shape index (κ1) is 23.2. The van der Waals surface area contributed by atoms with Crippen LogP contribution in [0.15, 0.2) is 78.4 Å². The Morgan fingerprint density at radius 1 is 1.03 bits per heavy atom. The van der Waals surface area contributed by atoms with Crippen LogP contribution in [0.1, 0.15) is 42.1 Å². The second kappa shape index (κ2) is 9.51. The fourth-order valence-electron chi connectivity index (χ4n) is 4.16. The zero-order chi connectivity index (χ0) is 24.4. The van der Waals surface area contributed by atoms with Gasteiger partial charge in [0.1, 0.15) is 17.3 Å². The molecule has 1 heterocycles. The Morgan fingerprint density at radius 3 is 2.41 bits per heavy atom. The summed E-state index contributed by atoms with van der Waals surface area (Å²) in [6.07, 6.45) is -0.0639. The van der Waals surface area contributed by atoms with E-state index in [1.807, 2.05) is 45.0 Å². The lowest BCUT2D eigenvalue weighted by atomic mass is 9.94. The van der Waals surface area contributed by atoms with Gasteiger partial charge in [-0.15, -0.1) is 0 Å². The van der Waals surface area contributed by atoms with Crippen LogP contribution in [0.3, 0.4) is 0 Å². The highest BCUT2D eigenvalue weighted by Gasteiger charge is 2.46. The number of carbonyl (C=O) groups excluding carboxylic acids is 2. The van der Waals surface area contributed by atoms with Crippen molar-refractivity contribution in [3.05, 3.63) is 106 Å². The number of benzene rings is 3. The predicted octanol–water partition coefficient (Wildman–Crippen LogP) is 5.54. The van der Waals surface area contributed by atoms with Crippen LogP contribution in [0.2, 0.25) is 0 Å². The molecule has 1 fully saturated rings. The van der Waals surface area contributed by atoms with Crippen LogP contribution in [0.25, 0.3) is 5.76 Å². The van der Waals surface area contributed by atoms with E-state index in [1.165, 1.54) is 17.0 Å². The second-order valence-corrected chi connectivity index (χ2v) is 8.66. The minimum atomic E-state index is -0.792. The Morgan fingerprint density at radius 2 is 1.74 bits per heavy atom. The summed E-state index contributed by atoms with van der Waals surface area (Å²) in [5.41, 5.74) is 2.73. The van der Waals surface area contributed by atoms with Gasteiger partial charge in [-0.3, -0.25) is 9.59 Å². The van der Waals surface area contributed by atoms with Crippen molar-refractivity contribution < 1.29 is 23.8 Å². The average Bonchev–Trinajstić information content (AvgIpc) is 3.05. The van der Waals surface area contributed by atoms with E-state index in [4.69, 9.17) is 4.74 Å². The van der Waals surface area contributed by atoms with E-state index in [2.05, 4.69) is 0 Å². The number of aliphatic hydroxyl groups excluding tert-OH is 1. The number of ether oxygens (including phenoxy) is 1. The number of amides is 1. The Hall–Kier alpha value is -3.93. The zero-order valence-electron chi connectivity index (χ0n) is 19.3. The van der Waals surface area contributed by atoms with Gasteiger partial charge in [0.05, 0.1) is 17.7 Å².